The first kappa shape index (κ1) is 15.9. The minimum atomic E-state index is -0.587. The fraction of sp³-hybridized carbons (Fsp3) is 0.294. The van der Waals surface area contributed by atoms with Crippen LogP contribution >= 0.6 is 11.3 Å². The second-order valence-corrected chi connectivity index (χ2v) is 6.33. The SMILES string of the molecule is O=C(N[C@@H](C(=O)c1ccccc1)[NH+]1CCOCC1)c1cccs1. The number of thiophene rings is 1. The summed E-state index contributed by atoms with van der Waals surface area (Å²) < 4.78 is 5.37. The Balaban J connectivity index is 1.81. The topological polar surface area (TPSA) is 59.8 Å². The van der Waals surface area contributed by atoms with Gasteiger partial charge in [0, 0.05) is 5.56 Å². The molecule has 23 heavy (non-hydrogen) atoms. The summed E-state index contributed by atoms with van der Waals surface area (Å²) in [6, 6.07) is 12.7. The Bertz CT molecular complexity index is 652. The highest BCUT2D eigenvalue weighted by Crippen LogP contribution is 2.09. The first-order valence-corrected chi connectivity index (χ1v) is 8.49. The zero-order chi connectivity index (χ0) is 16.1. The van der Waals surface area contributed by atoms with Crippen LogP contribution in [0.2, 0.25) is 0 Å². The van der Waals surface area contributed by atoms with E-state index in [1.807, 2.05) is 29.6 Å². The van der Waals surface area contributed by atoms with Gasteiger partial charge in [0.05, 0.1) is 18.1 Å². The van der Waals surface area contributed by atoms with Crippen molar-refractivity contribution in [2.45, 2.75) is 6.17 Å². The molecule has 1 fully saturated rings. The molecular weight excluding hydrogens is 312 g/mol. The van der Waals surface area contributed by atoms with Crippen molar-refractivity contribution in [3.8, 4) is 0 Å². The summed E-state index contributed by atoms with van der Waals surface area (Å²) in [5.74, 6) is -0.263. The molecule has 0 radical (unpaired) electrons. The quantitative estimate of drug-likeness (QED) is 0.789. The highest BCUT2D eigenvalue weighted by molar-refractivity contribution is 7.12. The molecule has 1 aromatic heterocycles. The molecule has 1 aliphatic rings. The van der Waals surface area contributed by atoms with E-state index in [4.69, 9.17) is 4.74 Å². The van der Waals surface area contributed by atoms with Crippen LogP contribution in [0.5, 0.6) is 0 Å². The van der Waals surface area contributed by atoms with Crippen molar-refractivity contribution in [3.05, 3.63) is 58.3 Å². The predicted molar refractivity (Wildman–Crippen MR) is 87.9 cm³/mol. The summed E-state index contributed by atoms with van der Waals surface area (Å²) in [5.41, 5.74) is 0.614. The van der Waals surface area contributed by atoms with Crippen molar-refractivity contribution in [2.24, 2.45) is 0 Å². The van der Waals surface area contributed by atoms with Gasteiger partial charge in [0.1, 0.15) is 13.1 Å². The summed E-state index contributed by atoms with van der Waals surface area (Å²) in [4.78, 5) is 26.9. The standard InChI is InChI=1S/C17H18N2O3S/c20-15(13-5-2-1-3-6-13)16(19-8-10-22-11-9-19)18-17(21)14-7-4-12-23-14/h1-7,12,16H,8-11H2,(H,18,21)/p+1/t16-/m1/s1. The lowest BCUT2D eigenvalue weighted by atomic mass is 10.1. The first-order chi connectivity index (χ1) is 11.3. The number of amides is 1. The molecule has 1 aliphatic heterocycles. The van der Waals surface area contributed by atoms with E-state index >= 15 is 0 Å². The van der Waals surface area contributed by atoms with Gasteiger partial charge in [-0.2, -0.15) is 0 Å². The molecule has 0 bridgehead atoms. The molecule has 0 aliphatic carbocycles. The fourth-order valence-corrected chi connectivity index (χ4v) is 3.28. The summed E-state index contributed by atoms with van der Waals surface area (Å²) in [7, 11) is 0. The van der Waals surface area contributed by atoms with Gasteiger partial charge in [0.15, 0.2) is 0 Å². The van der Waals surface area contributed by atoms with Gasteiger partial charge in [-0.1, -0.05) is 36.4 Å². The van der Waals surface area contributed by atoms with Crippen LogP contribution in [0, 0.1) is 0 Å². The van der Waals surface area contributed by atoms with E-state index in [2.05, 4.69) is 5.32 Å². The number of carbonyl (C=O) groups excluding carboxylic acids is 2. The van der Waals surface area contributed by atoms with Gasteiger partial charge in [0.2, 0.25) is 11.9 Å². The molecule has 2 aromatic rings. The lowest BCUT2D eigenvalue weighted by Crippen LogP contribution is -3.20. The maximum atomic E-state index is 12.9. The molecular formula is C17H19N2O3S+. The monoisotopic (exact) mass is 331 g/mol. The van der Waals surface area contributed by atoms with Gasteiger partial charge in [-0.15, -0.1) is 11.3 Å². The number of rotatable bonds is 5. The number of hydrogen-bond acceptors (Lipinski definition) is 4. The third kappa shape index (κ3) is 3.85. The van der Waals surface area contributed by atoms with Crippen LogP contribution in [0.4, 0.5) is 0 Å². The van der Waals surface area contributed by atoms with Crippen molar-refractivity contribution in [1.82, 2.24) is 5.32 Å². The van der Waals surface area contributed by atoms with Gasteiger partial charge in [-0.3, -0.25) is 14.9 Å². The smallest absolute Gasteiger partial charge is 0.266 e. The lowest BCUT2D eigenvalue weighted by molar-refractivity contribution is -0.925. The molecule has 1 saturated heterocycles. The molecule has 6 heteroatoms. The van der Waals surface area contributed by atoms with Crippen LogP contribution in [0.1, 0.15) is 20.0 Å². The first-order valence-electron chi connectivity index (χ1n) is 7.61. The van der Waals surface area contributed by atoms with E-state index in [1.165, 1.54) is 11.3 Å². The third-order valence-electron chi connectivity index (χ3n) is 3.88. The van der Waals surface area contributed by atoms with E-state index in [0.29, 0.717) is 36.7 Å². The van der Waals surface area contributed by atoms with Crippen molar-refractivity contribution < 1.29 is 19.2 Å². The number of ketones is 1. The van der Waals surface area contributed by atoms with Gasteiger partial charge < -0.3 is 9.64 Å². The average molecular weight is 331 g/mol. The number of morpholine rings is 1. The van der Waals surface area contributed by atoms with Crippen molar-refractivity contribution in [3.63, 3.8) is 0 Å². The van der Waals surface area contributed by atoms with Crippen LogP contribution in [-0.2, 0) is 4.74 Å². The van der Waals surface area contributed by atoms with Gasteiger partial charge in [-0.05, 0) is 11.4 Å². The molecule has 2 heterocycles. The largest absolute Gasteiger partial charge is 0.370 e. The van der Waals surface area contributed by atoms with Gasteiger partial charge in [-0.25, -0.2) is 0 Å². The van der Waals surface area contributed by atoms with Crippen molar-refractivity contribution in [1.29, 1.82) is 0 Å². The average Bonchev–Trinajstić information content (AvgIpc) is 3.15. The number of quaternary nitrogens is 1. The van der Waals surface area contributed by atoms with Crippen molar-refractivity contribution in [2.75, 3.05) is 26.3 Å². The zero-order valence-corrected chi connectivity index (χ0v) is 13.5. The summed E-state index contributed by atoms with van der Waals surface area (Å²) in [6.07, 6.45) is -0.587. The molecule has 0 saturated carbocycles. The van der Waals surface area contributed by atoms with E-state index in [1.54, 1.807) is 18.2 Å². The predicted octanol–water partition coefficient (Wildman–Crippen LogP) is 0.602. The maximum absolute atomic E-state index is 12.9. The lowest BCUT2D eigenvalue weighted by Gasteiger charge is -2.30. The number of nitrogens with one attached hydrogen (secondary N) is 2. The Morgan fingerprint density at radius 1 is 1.09 bits per heavy atom. The molecule has 3 rings (SSSR count). The summed E-state index contributed by atoms with van der Waals surface area (Å²) in [5, 5.41) is 4.77. The molecule has 0 spiro atoms. The number of Topliss-reactive ketones (excluding diaryl/α,β-unsaturated/α-hetero) is 1. The summed E-state index contributed by atoms with van der Waals surface area (Å²) in [6.45, 7) is 2.60. The number of benzene rings is 1. The molecule has 5 nitrogen and oxygen atoms in total. The van der Waals surface area contributed by atoms with Crippen LogP contribution in [0.25, 0.3) is 0 Å². The zero-order valence-electron chi connectivity index (χ0n) is 12.7. The Hall–Kier alpha value is -2.02. The van der Waals surface area contributed by atoms with E-state index in [0.717, 1.165) is 4.90 Å². The number of ether oxygens (including phenoxy) is 1. The Morgan fingerprint density at radius 3 is 2.48 bits per heavy atom. The molecule has 0 unspecified atom stereocenters. The summed E-state index contributed by atoms with van der Waals surface area (Å²) >= 11 is 1.37. The van der Waals surface area contributed by atoms with Crippen LogP contribution in [0.3, 0.4) is 0 Å². The maximum Gasteiger partial charge on any atom is 0.266 e. The second-order valence-electron chi connectivity index (χ2n) is 5.38. The van der Waals surface area contributed by atoms with E-state index in [9.17, 15) is 9.59 Å². The molecule has 2 N–H and O–H groups in total. The molecule has 1 atom stereocenters. The molecule has 120 valence electrons. The number of hydrogen-bond donors (Lipinski definition) is 2. The van der Waals surface area contributed by atoms with Gasteiger partial charge in [0.25, 0.3) is 5.91 Å². The van der Waals surface area contributed by atoms with Crippen molar-refractivity contribution >= 4 is 23.0 Å². The minimum Gasteiger partial charge on any atom is -0.370 e. The van der Waals surface area contributed by atoms with E-state index < -0.39 is 6.17 Å². The highest BCUT2D eigenvalue weighted by atomic mass is 32.1. The Labute approximate surface area is 138 Å². The fourth-order valence-electron chi connectivity index (χ4n) is 2.65. The van der Waals surface area contributed by atoms with E-state index in [-0.39, 0.29) is 11.7 Å². The molecule has 1 aromatic carbocycles. The molecule has 1 amide bonds. The highest BCUT2D eigenvalue weighted by Gasteiger charge is 2.33. The third-order valence-corrected chi connectivity index (χ3v) is 4.75. The van der Waals surface area contributed by atoms with Crippen LogP contribution in [-0.4, -0.2) is 44.2 Å². The second kappa shape index (κ2) is 7.50. The Morgan fingerprint density at radius 2 is 1.83 bits per heavy atom. The van der Waals surface area contributed by atoms with Crippen LogP contribution in [0.15, 0.2) is 47.8 Å². The minimum absolute atomic E-state index is 0.0626. The van der Waals surface area contributed by atoms with Gasteiger partial charge >= 0.3 is 0 Å². The van der Waals surface area contributed by atoms with Crippen LogP contribution < -0.4 is 10.2 Å². The Kier molecular flexibility index (Phi) is 5.17. The number of carbonyl (C=O) groups is 2. The normalized spacial score (nSPS) is 16.7.